The van der Waals surface area contributed by atoms with Gasteiger partial charge in [-0.3, -0.25) is 9.69 Å². The number of likely N-dealkylation sites (tertiary alicyclic amines) is 1. The fraction of sp³-hybridized carbons (Fsp3) is 0.929. The summed E-state index contributed by atoms with van der Waals surface area (Å²) in [6.07, 6.45) is 5.88. The first-order valence-corrected chi connectivity index (χ1v) is 7.50. The van der Waals surface area contributed by atoms with Gasteiger partial charge in [-0.05, 0) is 45.7 Å². The molecule has 0 radical (unpaired) electrons. The van der Waals surface area contributed by atoms with Crippen LogP contribution in [0.15, 0.2) is 0 Å². The number of piperidine rings is 1. The Balaban J connectivity index is 0.00000200. The number of rotatable bonds is 4. The van der Waals surface area contributed by atoms with Crippen LogP contribution in [0.5, 0.6) is 0 Å². The third-order valence-electron chi connectivity index (χ3n) is 4.46. The average Bonchev–Trinajstić information content (AvgIpc) is 2.46. The Bertz CT molecular complexity index is 301. The highest BCUT2D eigenvalue weighted by molar-refractivity contribution is 5.85. The third kappa shape index (κ3) is 4.32. The SMILES string of the molecule is CC(N)C(=O)NCC1(N2CCCCC2)CCOCC1.Cl. The van der Waals surface area contributed by atoms with Gasteiger partial charge in [0, 0.05) is 25.3 Å². The molecule has 0 spiro atoms. The molecule has 118 valence electrons. The number of nitrogens with two attached hydrogens (primary N) is 1. The standard InChI is InChI=1S/C14H27N3O2.ClH/c1-12(15)13(18)16-11-14(5-9-19-10-6-14)17-7-3-2-4-8-17;/h12H,2-11,15H2,1H3,(H,16,18);1H. The van der Waals surface area contributed by atoms with Gasteiger partial charge in [-0.1, -0.05) is 6.42 Å². The molecule has 20 heavy (non-hydrogen) atoms. The highest BCUT2D eigenvalue weighted by atomic mass is 35.5. The van der Waals surface area contributed by atoms with Crippen molar-refractivity contribution in [1.82, 2.24) is 10.2 Å². The van der Waals surface area contributed by atoms with Gasteiger partial charge < -0.3 is 15.8 Å². The Labute approximate surface area is 128 Å². The van der Waals surface area contributed by atoms with Crippen molar-refractivity contribution in [3.63, 3.8) is 0 Å². The lowest BCUT2D eigenvalue weighted by Gasteiger charge is -2.48. The molecule has 2 fully saturated rings. The molecule has 2 rings (SSSR count). The summed E-state index contributed by atoms with van der Waals surface area (Å²) in [7, 11) is 0. The number of hydrogen-bond acceptors (Lipinski definition) is 4. The molecule has 1 unspecified atom stereocenters. The zero-order valence-electron chi connectivity index (χ0n) is 12.4. The second-order valence-electron chi connectivity index (χ2n) is 5.89. The van der Waals surface area contributed by atoms with Gasteiger partial charge in [0.25, 0.3) is 0 Å². The van der Waals surface area contributed by atoms with E-state index in [0.717, 1.165) is 39.1 Å². The van der Waals surface area contributed by atoms with Crippen LogP contribution in [-0.2, 0) is 9.53 Å². The lowest BCUT2D eigenvalue weighted by atomic mass is 9.86. The number of carbonyl (C=O) groups excluding carboxylic acids is 1. The minimum absolute atomic E-state index is 0. The van der Waals surface area contributed by atoms with Crippen LogP contribution in [0.4, 0.5) is 0 Å². The maximum absolute atomic E-state index is 11.7. The summed E-state index contributed by atoms with van der Waals surface area (Å²) in [6, 6.07) is -0.432. The molecule has 0 aromatic rings. The summed E-state index contributed by atoms with van der Waals surface area (Å²) in [5.74, 6) is -0.0529. The number of hydrogen-bond donors (Lipinski definition) is 2. The summed E-state index contributed by atoms with van der Waals surface area (Å²) in [5.41, 5.74) is 5.71. The van der Waals surface area contributed by atoms with E-state index in [0.29, 0.717) is 6.54 Å². The molecule has 2 aliphatic rings. The van der Waals surface area contributed by atoms with Gasteiger partial charge in [-0.15, -0.1) is 12.4 Å². The van der Waals surface area contributed by atoms with Gasteiger partial charge in [0.15, 0.2) is 0 Å². The molecule has 0 aromatic heterocycles. The van der Waals surface area contributed by atoms with Crippen LogP contribution >= 0.6 is 12.4 Å². The van der Waals surface area contributed by atoms with Crippen LogP contribution in [0.2, 0.25) is 0 Å². The van der Waals surface area contributed by atoms with Crippen LogP contribution in [0.25, 0.3) is 0 Å². The van der Waals surface area contributed by atoms with Crippen LogP contribution in [0.3, 0.4) is 0 Å². The molecule has 0 saturated carbocycles. The van der Waals surface area contributed by atoms with Gasteiger partial charge in [-0.25, -0.2) is 0 Å². The van der Waals surface area contributed by atoms with Gasteiger partial charge in [0.05, 0.1) is 6.04 Å². The van der Waals surface area contributed by atoms with E-state index in [-0.39, 0.29) is 23.9 Å². The van der Waals surface area contributed by atoms with Gasteiger partial charge in [0.1, 0.15) is 0 Å². The predicted octanol–water partition coefficient (Wildman–Crippen LogP) is 0.907. The quantitative estimate of drug-likeness (QED) is 0.810. The van der Waals surface area contributed by atoms with E-state index in [9.17, 15) is 4.79 Å². The highest BCUT2D eigenvalue weighted by Crippen LogP contribution is 2.30. The minimum Gasteiger partial charge on any atom is -0.381 e. The van der Waals surface area contributed by atoms with E-state index in [1.165, 1.54) is 19.3 Å². The molecular formula is C14H28ClN3O2. The third-order valence-corrected chi connectivity index (χ3v) is 4.46. The molecule has 3 N–H and O–H groups in total. The van der Waals surface area contributed by atoms with Crippen LogP contribution in [0.1, 0.15) is 39.0 Å². The normalized spacial score (nSPS) is 24.5. The molecule has 0 aliphatic carbocycles. The van der Waals surface area contributed by atoms with Crippen molar-refractivity contribution < 1.29 is 9.53 Å². The molecule has 5 nitrogen and oxygen atoms in total. The Morgan fingerprint density at radius 3 is 2.45 bits per heavy atom. The molecular weight excluding hydrogens is 278 g/mol. The van der Waals surface area contributed by atoms with Crippen LogP contribution < -0.4 is 11.1 Å². The summed E-state index contributed by atoms with van der Waals surface area (Å²) >= 11 is 0. The van der Waals surface area contributed by atoms with Crippen molar-refractivity contribution in [3.05, 3.63) is 0 Å². The zero-order chi connectivity index (χ0) is 13.7. The lowest BCUT2D eigenvalue weighted by molar-refractivity contribution is -0.123. The lowest BCUT2D eigenvalue weighted by Crippen LogP contribution is -2.60. The number of nitrogens with zero attached hydrogens (tertiary/aromatic N) is 1. The fourth-order valence-corrected chi connectivity index (χ4v) is 3.14. The molecule has 0 bridgehead atoms. The second-order valence-corrected chi connectivity index (χ2v) is 5.89. The maximum atomic E-state index is 11.7. The van der Waals surface area contributed by atoms with E-state index in [2.05, 4.69) is 10.2 Å². The van der Waals surface area contributed by atoms with Crippen LogP contribution in [-0.4, -0.2) is 55.2 Å². The minimum atomic E-state index is -0.432. The number of nitrogens with one attached hydrogen (secondary N) is 1. The number of amides is 1. The summed E-state index contributed by atoms with van der Waals surface area (Å²) in [4.78, 5) is 14.3. The Hall–Kier alpha value is -0.360. The summed E-state index contributed by atoms with van der Waals surface area (Å²) in [6.45, 7) is 6.32. The number of halogens is 1. The Kier molecular flexibility index (Phi) is 7.23. The predicted molar refractivity (Wildman–Crippen MR) is 82.1 cm³/mol. The molecule has 2 aliphatic heterocycles. The fourth-order valence-electron chi connectivity index (χ4n) is 3.14. The van der Waals surface area contributed by atoms with Crippen molar-refractivity contribution in [1.29, 1.82) is 0 Å². The second kappa shape index (κ2) is 8.17. The Morgan fingerprint density at radius 1 is 1.30 bits per heavy atom. The molecule has 2 saturated heterocycles. The van der Waals surface area contributed by atoms with Crippen molar-refractivity contribution in [3.8, 4) is 0 Å². The first-order chi connectivity index (χ1) is 9.14. The van der Waals surface area contributed by atoms with E-state index in [4.69, 9.17) is 10.5 Å². The van der Waals surface area contributed by atoms with E-state index in [1.54, 1.807) is 6.92 Å². The number of ether oxygens (including phenoxy) is 1. The first-order valence-electron chi connectivity index (χ1n) is 7.50. The Morgan fingerprint density at radius 2 is 1.90 bits per heavy atom. The summed E-state index contributed by atoms with van der Waals surface area (Å²) in [5, 5.41) is 3.03. The van der Waals surface area contributed by atoms with E-state index >= 15 is 0 Å². The number of carbonyl (C=O) groups is 1. The van der Waals surface area contributed by atoms with Crippen molar-refractivity contribution in [2.75, 3.05) is 32.8 Å². The average molecular weight is 306 g/mol. The van der Waals surface area contributed by atoms with Crippen molar-refractivity contribution >= 4 is 18.3 Å². The van der Waals surface area contributed by atoms with E-state index in [1.807, 2.05) is 0 Å². The smallest absolute Gasteiger partial charge is 0.236 e. The monoisotopic (exact) mass is 305 g/mol. The first kappa shape index (κ1) is 17.7. The molecule has 2 heterocycles. The largest absolute Gasteiger partial charge is 0.381 e. The van der Waals surface area contributed by atoms with Gasteiger partial charge in [-0.2, -0.15) is 0 Å². The molecule has 6 heteroatoms. The zero-order valence-corrected chi connectivity index (χ0v) is 13.2. The highest BCUT2D eigenvalue weighted by Gasteiger charge is 2.39. The van der Waals surface area contributed by atoms with Crippen molar-refractivity contribution in [2.24, 2.45) is 5.73 Å². The van der Waals surface area contributed by atoms with Gasteiger partial charge in [0.2, 0.25) is 5.91 Å². The van der Waals surface area contributed by atoms with Crippen molar-refractivity contribution in [2.45, 2.75) is 50.6 Å². The van der Waals surface area contributed by atoms with Gasteiger partial charge >= 0.3 is 0 Å². The summed E-state index contributed by atoms with van der Waals surface area (Å²) < 4.78 is 5.51. The maximum Gasteiger partial charge on any atom is 0.236 e. The topological polar surface area (TPSA) is 67.6 Å². The molecule has 0 aromatic carbocycles. The molecule has 1 atom stereocenters. The molecule has 1 amide bonds. The van der Waals surface area contributed by atoms with Crippen LogP contribution in [0, 0.1) is 0 Å². The van der Waals surface area contributed by atoms with E-state index < -0.39 is 6.04 Å².